The molecule has 1 atom stereocenters. The van der Waals surface area contributed by atoms with Gasteiger partial charge in [-0.25, -0.2) is 0 Å². The molecule has 5 heteroatoms. The number of aryl methyl sites for hydroxylation is 1. The summed E-state index contributed by atoms with van der Waals surface area (Å²) in [4.78, 5) is 12.5. The number of rotatable bonds is 5. The largest absolute Gasteiger partial charge is 0.504 e. The normalized spacial score (nSPS) is 14.9. The molecule has 0 radical (unpaired) electrons. The first-order valence-corrected chi connectivity index (χ1v) is 9.34. The lowest BCUT2D eigenvalue weighted by Gasteiger charge is -2.17. The van der Waals surface area contributed by atoms with Crippen LogP contribution >= 0.6 is 0 Å². The molecule has 0 bridgehead atoms. The van der Waals surface area contributed by atoms with E-state index in [9.17, 15) is 15.0 Å². The highest BCUT2D eigenvalue weighted by Gasteiger charge is 2.23. The van der Waals surface area contributed by atoms with Crippen molar-refractivity contribution in [1.82, 2.24) is 0 Å². The molecular weight excluding hydrogens is 352 g/mol. The number of phenols is 2. The third kappa shape index (κ3) is 3.78. The van der Waals surface area contributed by atoms with Gasteiger partial charge in [-0.15, -0.1) is 0 Å². The van der Waals surface area contributed by atoms with Crippen molar-refractivity contribution in [3.63, 3.8) is 0 Å². The van der Waals surface area contributed by atoms with Crippen molar-refractivity contribution in [3.05, 3.63) is 83.4 Å². The Morgan fingerprint density at radius 1 is 1.00 bits per heavy atom. The molecule has 0 aromatic heterocycles. The van der Waals surface area contributed by atoms with Gasteiger partial charge < -0.3 is 20.8 Å². The molecule has 0 fully saturated rings. The van der Waals surface area contributed by atoms with Gasteiger partial charge in [0.25, 0.3) is 0 Å². The predicted octanol–water partition coefficient (Wildman–Crippen LogP) is 4.38. The zero-order chi connectivity index (χ0) is 19.5. The maximum atomic E-state index is 12.5. The van der Waals surface area contributed by atoms with E-state index in [0.717, 1.165) is 28.9 Å². The fourth-order valence-electron chi connectivity index (χ4n) is 3.60. The molecule has 3 aromatic rings. The number of para-hydroxylation sites is 2. The Hall–Kier alpha value is -3.47. The van der Waals surface area contributed by atoms with E-state index in [1.165, 1.54) is 17.7 Å². The molecule has 1 aliphatic rings. The maximum Gasteiger partial charge on any atom is 0.224 e. The summed E-state index contributed by atoms with van der Waals surface area (Å²) in [5, 5.41) is 25.5. The predicted molar refractivity (Wildman–Crippen MR) is 110 cm³/mol. The minimum Gasteiger partial charge on any atom is -0.504 e. The second kappa shape index (κ2) is 7.64. The van der Waals surface area contributed by atoms with Crippen LogP contribution in [0.2, 0.25) is 0 Å². The van der Waals surface area contributed by atoms with Crippen LogP contribution in [0.5, 0.6) is 11.5 Å². The van der Waals surface area contributed by atoms with Gasteiger partial charge in [0.05, 0.1) is 6.04 Å². The van der Waals surface area contributed by atoms with Crippen molar-refractivity contribution in [3.8, 4) is 11.5 Å². The Kier molecular flexibility index (Phi) is 4.89. The second-order valence-corrected chi connectivity index (χ2v) is 7.02. The van der Waals surface area contributed by atoms with Gasteiger partial charge in [0.15, 0.2) is 11.5 Å². The molecule has 1 aliphatic heterocycles. The number of hydrogen-bond acceptors (Lipinski definition) is 4. The van der Waals surface area contributed by atoms with Gasteiger partial charge in [-0.05, 0) is 53.8 Å². The van der Waals surface area contributed by atoms with Crippen molar-refractivity contribution >= 4 is 17.3 Å². The van der Waals surface area contributed by atoms with Crippen molar-refractivity contribution in [2.45, 2.75) is 25.3 Å². The first kappa shape index (κ1) is 17.9. The molecule has 1 amide bonds. The summed E-state index contributed by atoms with van der Waals surface area (Å²) in [6.45, 7) is 0. The molecule has 4 rings (SSSR count). The fourth-order valence-corrected chi connectivity index (χ4v) is 3.60. The lowest BCUT2D eigenvalue weighted by Crippen LogP contribution is -2.16. The van der Waals surface area contributed by atoms with Gasteiger partial charge >= 0.3 is 0 Å². The number of carbonyl (C=O) groups is 1. The third-order valence-electron chi connectivity index (χ3n) is 5.06. The molecule has 28 heavy (non-hydrogen) atoms. The number of carbonyl (C=O) groups excluding carboxylic acids is 1. The van der Waals surface area contributed by atoms with Crippen LogP contribution in [0.3, 0.4) is 0 Å². The molecule has 0 aliphatic carbocycles. The molecule has 0 saturated carbocycles. The van der Waals surface area contributed by atoms with Crippen molar-refractivity contribution < 1.29 is 15.0 Å². The fraction of sp³-hybridized carbons (Fsp3) is 0.174. The smallest absolute Gasteiger partial charge is 0.224 e. The molecule has 0 saturated heterocycles. The van der Waals surface area contributed by atoms with Gasteiger partial charge in [0.1, 0.15) is 0 Å². The molecule has 5 nitrogen and oxygen atoms in total. The average Bonchev–Trinajstić information content (AvgIpc) is 3.13. The Balaban J connectivity index is 1.42. The van der Waals surface area contributed by atoms with Gasteiger partial charge in [0, 0.05) is 17.8 Å². The number of aromatic hydroxyl groups is 2. The average molecular weight is 374 g/mol. The van der Waals surface area contributed by atoms with Gasteiger partial charge in [0.2, 0.25) is 5.91 Å². The monoisotopic (exact) mass is 374 g/mol. The first-order chi connectivity index (χ1) is 13.6. The lowest BCUT2D eigenvalue weighted by molar-refractivity contribution is -0.116. The van der Waals surface area contributed by atoms with Crippen LogP contribution in [0.15, 0.2) is 66.7 Å². The highest BCUT2D eigenvalue weighted by molar-refractivity contribution is 5.92. The number of fused-ring (bicyclic) bond motifs is 1. The molecule has 3 aromatic carbocycles. The van der Waals surface area contributed by atoms with Crippen LogP contribution in [0.4, 0.5) is 11.4 Å². The van der Waals surface area contributed by atoms with E-state index in [-0.39, 0.29) is 29.9 Å². The minimum atomic E-state index is -0.171. The number of phenolic OH excluding ortho intramolecular Hbond substituents is 2. The SMILES string of the molecule is O=C(CCc1ccc(O)c(O)c1)Nc1ccccc1C1Cc2ccccc2N1. The number of amides is 1. The molecule has 0 spiro atoms. The van der Waals surface area contributed by atoms with Crippen molar-refractivity contribution in [1.29, 1.82) is 0 Å². The summed E-state index contributed by atoms with van der Waals surface area (Å²) in [7, 11) is 0. The first-order valence-electron chi connectivity index (χ1n) is 9.34. The van der Waals surface area contributed by atoms with E-state index < -0.39 is 0 Å². The van der Waals surface area contributed by atoms with Crippen molar-refractivity contribution in [2.75, 3.05) is 10.6 Å². The minimum absolute atomic E-state index is 0.0875. The van der Waals surface area contributed by atoms with Crippen LogP contribution in [0, 0.1) is 0 Å². The number of nitrogens with one attached hydrogen (secondary N) is 2. The van der Waals surface area contributed by atoms with E-state index in [1.807, 2.05) is 36.4 Å². The second-order valence-electron chi connectivity index (χ2n) is 7.02. The Morgan fingerprint density at radius 3 is 2.61 bits per heavy atom. The lowest BCUT2D eigenvalue weighted by atomic mass is 10.0. The molecule has 1 unspecified atom stereocenters. The number of benzene rings is 3. The van der Waals surface area contributed by atoms with E-state index in [2.05, 4.69) is 22.8 Å². The molecule has 142 valence electrons. The summed E-state index contributed by atoms with van der Waals surface area (Å²) >= 11 is 0. The van der Waals surface area contributed by atoms with Crippen LogP contribution in [0.25, 0.3) is 0 Å². The van der Waals surface area contributed by atoms with Gasteiger partial charge in [-0.3, -0.25) is 4.79 Å². The van der Waals surface area contributed by atoms with Crippen LogP contribution in [0.1, 0.15) is 29.2 Å². The Bertz CT molecular complexity index is 991. The van der Waals surface area contributed by atoms with Crippen LogP contribution < -0.4 is 10.6 Å². The standard InChI is InChI=1S/C23H22N2O3/c26-21-11-9-15(13-22(21)27)10-12-23(28)25-19-8-4-2-6-17(19)20-14-16-5-1-3-7-18(16)24-20/h1-9,11,13,20,24,26-27H,10,12,14H2,(H,25,28). The zero-order valence-electron chi connectivity index (χ0n) is 15.4. The maximum absolute atomic E-state index is 12.5. The highest BCUT2D eigenvalue weighted by Crippen LogP contribution is 2.36. The summed E-state index contributed by atoms with van der Waals surface area (Å²) in [5.41, 5.74) is 5.09. The van der Waals surface area contributed by atoms with Crippen LogP contribution in [-0.4, -0.2) is 16.1 Å². The number of anilines is 2. The van der Waals surface area contributed by atoms with E-state index in [1.54, 1.807) is 6.07 Å². The van der Waals surface area contributed by atoms with Crippen molar-refractivity contribution in [2.24, 2.45) is 0 Å². The summed E-state index contributed by atoms with van der Waals surface area (Å²) < 4.78 is 0. The van der Waals surface area contributed by atoms with E-state index in [0.29, 0.717) is 6.42 Å². The Morgan fingerprint density at radius 2 is 1.79 bits per heavy atom. The number of hydrogen-bond donors (Lipinski definition) is 4. The topological polar surface area (TPSA) is 81.6 Å². The summed E-state index contributed by atoms with van der Waals surface area (Å²) in [6, 6.07) is 20.9. The molecular formula is C23H22N2O3. The molecule has 4 N–H and O–H groups in total. The van der Waals surface area contributed by atoms with E-state index in [4.69, 9.17) is 0 Å². The molecule has 1 heterocycles. The zero-order valence-corrected chi connectivity index (χ0v) is 15.4. The highest BCUT2D eigenvalue weighted by atomic mass is 16.3. The van der Waals surface area contributed by atoms with Gasteiger partial charge in [-0.2, -0.15) is 0 Å². The Labute approximate surface area is 163 Å². The summed E-state index contributed by atoms with van der Waals surface area (Å²) in [6.07, 6.45) is 1.65. The van der Waals surface area contributed by atoms with Gasteiger partial charge in [-0.1, -0.05) is 42.5 Å². The van der Waals surface area contributed by atoms with Crippen LogP contribution in [-0.2, 0) is 17.6 Å². The van der Waals surface area contributed by atoms with E-state index >= 15 is 0 Å². The quantitative estimate of drug-likeness (QED) is 0.500. The summed E-state index contributed by atoms with van der Waals surface area (Å²) in [5.74, 6) is -0.419. The third-order valence-corrected chi connectivity index (χ3v) is 5.06.